The van der Waals surface area contributed by atoms with E-state index in [1.165, 1.54) is 0 Å². The fourth-order valence-corrected chi connectivity index (χ4v) is 3.78. The first kappa shape index (κ1) is 22.4. The summed E-state index contributed by atoms with van der Waals surface area (Å²) in [4.78, 5) is 0. The Balaban J connectivity index is 1.94. The fourth-order valence-electron chi connectivity index (χ4n) is 2.64. The predicted molar refractivity (Wildman–Crippen MR) is 106 cm³/mol. The number of hydrogen-bond donors (Lipinski definition) is 2. The van der Waals surface area contributed by atoms with Crippen LogP contribution in [0.2, 0.25) is 0 Å². The number of ether oxygens (including phenoxy) is 2. The Hall–Kier alpha value is -1.88. The van der Waals surface area contributed by atoms with Gasteiger partial charge in [-0.3, -0.25) is 9.11 Å². The highest BCUT2D eigenvalue weighted by atomic mass is 32.2. The molecule has 0 aliphatic rings. The molecule has 2 aromatic rings. The zero-order chi connectivity index (χ0) is 20.6. The van der Waals surface area contributed by atoms with Crippen molar-refractivity contribution in [3.63, 3.8) is 0 Å². The molecule has 0 amide bonds. The summed E-state index contributed by atoms with van der Waals surface area (Å²) < 4.78 is 71.8. The van der Waals surface area contributed by atoms with E-state index in [1.54, 1.807) is 12.1 Å². The Labute approximate surface area is 165 Å². The van der Waals surface area contributed by atoms with Crippen LogP contribution in [0, 0.1) is 0 Å². The lowest BCUT2D eigenvalue weighted by Crippen LogP contribution is -2.06. The second-order valence-corrected chi connectivity index (χ2v) is 9.43. The molecular weight excluding hydrogens is 408 g/mol. The number of unbranched alkanes of at least 4 members (excludes halogenated alkanes) is 2. The minimum atomic E-state index is -3.95. The Morgan fingerprint density at radius 1 is 0.643 bits per heavy atom. The van der Waals surface area contributed by atoms with Crippen molar-refractivity contribution < 1.29 is 35.4 Å². The summed E-state index contributed by atoms with van der Waals surface area (Å²) >= 11 is 0. The molecule has 0 heterocycles. The molecule has 0 unspecified atom stereocenters. The van der Waals surface area contributed by atoms with Crippen LogP contribution in [-0.4, -0.2) is 50.7 Å². The Kier molecular flexibility index (Phi) is 8.05. The predicted octanol–water partition coefficient (Wildman–Crippen LogP) is 2.93. The van der Waals surface area contributed by atoms with E-state index >= 15 is 0 Å². The van der Waals surface area contributed by atoms with Crippen molar-refractivity contribution in [2.75, 3.05) is 24.7 Å². The number of hydrogen-bond acceptors (Lipinski definition) is 6. The summed E-state index contributed by atoms with van der Waals surface area (Å²) in [6.07, 6.45) is 1.59. The van der Waals surface area contributed by atoms with Crippen LogP contribution < -0.4 is 9.47 Å². The van der Waals surface area contributed by atoms with Gasteiger partial charge in [-0.15, -0.1) is 0 Å². The van der Waals surface area contributed by atoms with Gasteiger partial charge in [0.1, 0.15) is 11.5 Å². The van der Waals surface area contributed by atoms with Gasteiger partial charge in [-0.1, -0.05) is 24.3 Å². The lowest BCUT2D eigenvalue weighted by Gasteiger charge is -2.13. The average Bonchev–Trinajstić information content (AvgIpc) is 2.59. The monoisotopic (exact) mass is 432 g/mol. The minimum Gasteiger partial charge on any atom is -0.493 e. The standard InChI is InChI=1S/C18H24O8S2/c19-27(20,21)13-3-1-11-25-17-9-5-8-16-15(17)7-6-10-18(16)26-12-2-4-14-28(22,23)24/h5-10H,1-4,11-14H2,(H,19,20,21)(H,22,23,24). The summed E-state index contributed by atoms with van der Waals surface area (Å²) in [5.41, 5.74) is 0. The maximum absolute atomic E-state index is 10.7. The normalized spacial score (nSPS) is 12.2. The van der Waals surface area contributed by atoms with Gasteiger partial charge in [-0.25, -0.2) is 0 Å². The van der Waals surface area contributed by atoms with E-state index in [0.717, 1.165) is 10.8 Å². The van der Waals surface area contributed by atoms with Crippen LogP contribution in [0.5, 0.6) is 11.5 Å². The molecule has 156 valence electrons. The lowest BCUT2D eigenvalue weighted by atomic mass is 10.1. The molecule has 0 saturated carbocycles. The second kappa shape index (κ2) is 10.1. The summed E-state index contributed by atoms with van der Waals surface area (Å²) in [5.74, 6) is 0.700. The maximum atomic E-state index is 10.7. The average molecular weight is 433 g/mol. The molecule has 10 heteroatoms. The van der Waals surface area contributed by atoms with E-state index < -0.39 is 20.2 Å². The Morgan fingerprint density at radius 3 is 1.39 bits per heavy atom. The zero-order valence-electron chi connectivity index (χ0n) is 15.3. The summed E-state index contributed by atoms with van der Waals surface area (Å²) in [6, 6.07) is 11.0. The first-order chi connectivity index (χ1) is 13.2. The third-order valence-electron chi connectivity index (χ3n) is 3.95. The first-order valence-corrected chi connectivity index (χ1v) is 12.1. The quantitative estimate of drug-likeness (QED) is 0.387. The molecule has 0 fully saturated rings. The van der Waals surface area contributed by atoms with Gasteiger partial charge >= 0.3 is 0 Å². The molecular formula is C18H24O8S2. The third kappa shape index (κ3) is 8.01. The SMILES string of the molecule is O=S(=O)(O)CCCCOc1cccc2c(OCCCCS(=O)(=O)O)cccc12. The first-order valence-electron chi connectivity index (χ1n) is 8.83. The van der Waals surface area contributed by atoms with Gasteiger partial charge in [0.2, 0.25) is 0 Å². The molecule has 0 aliphatic heterocycles. The van der Waals surface area contributed by atoms with Crippen molar-refractivity contribution in [2.24, 2.45) is 0 Å². The van der Waals surface area contributed by atoms with Crippen LogP contribution in [0.15, 0.2) is 36.4 Å². The molecule has 2 rings (SSSR count). The van der Waals surface area contributed by atoms with Crippen LogP contribution in [0.1, 0.15) is 25.7 Å². The maximum Gasteiger partial charge on any atom is 0.264 e. The number of benzene rings is 2. The largest absolute Gasteiger partial charge is 0.493 e. The van der Waals surface area contributed by atoms with Gasteiger partial charge in [0.05, 0.1) is 24.7 Å². The highest BCUT2D eigenvalue weighted by Crippen LogP contribution is 2.32. The lowest BCUT2D eigenvalue weighted by molar-refractivity contribution is 0.309. The summed E-state index contributed by atoms with van der Waals surface area (Å²) in [7, 11) is -7.90. The highest BCUT2D eigenvalue weighted by Gasteiger charge is 2.09. The van der Waals surface area contributed by atoms with Crippen LogP contribution in [0.4, 0.5) is 0 Å². The van der Waals surface area contributed by atoms with Crippen LogP contribution in [0.3, 0.4) is 0 Å². The van der Waals surface area contributed by atoms with Gasteiger partial charge in [-0.2, -0.15) is 16.8 Å². The smallest absolute Gasteiger partial charge is 0.264 e. The van der Waals surface area contributed by atoms with Crippen molar-refractivity contribution in [3.8, 4) is 11.5 Å². The van der Waals surface area contributed by atoms with Crippen molar-refractivity contribution in [2.45, 2.75) is 25.7 Å². The fraction of sp³-hybridized carbons (Fsp3) is 0.444. The molecule has 2 N–H and O–H groups in total. The van der Waals surface area contributed by atoms with Crippen molar-refractivity contribution in [1.29, 1.82) is 0 Å². The van der Waals surface area contributed by atoms with Gasteiger partial charge < -0.3 is 9.47 Å². The molecule has 0 aromatic heterocycles. The van der Waals surface area contributed by atoms with Crippen molar-refractivity contribution in [1.82, 2.24) is 0 Å². The van der Waals surface area contributed by atoms with E-state index in [-0.39, 0.29) is 11.5 Å². The topological polar surface area (TPSA) is 127 Å². The van der Waals surface area contributed by atoms with E-state index in [4.69, 9.17) is 18.6 Å². The molecule has 0 saturated heterocycles. The molecule has 8 nitrogen and oxygen atoms in total. The molecule has 28 heavy (non-hydrogen) atoms. The van der Waals surface area contributed by atoms with E-state index in [2.05, 4.69) is 0 Å². The van der Waals surface area contributed by atoms with Gasteiger partial charge in [0.25, 0.3) is 20.2 Å². The Bertz CT molecular complexity index is 903. The molecule has 0 aliphatic carbocycles. The van der Waals surface area contributed by atoms with E-state index in [1.807, 2.05) is 24.3 Å². The summed E-state index contributed by atoms with van der Waals surface area (Å²) in [5, 5.41) is 1.68. The van der Waals surface area contributed by atoms with Gasteiger partial charge in [-0.05, 0) is 37.8 Å². The molecule has 0 spiro atoms. The number of fused-ring (bicyclic) bond motifs is 1. The molecule has 0 atom stereocenters. The van der Waals surface area contributed by atoms with Crippen LogP contribution in [0.25, 0.3) is 10.8 Å². The van der Waals surface area contributed by atoms with E-state index in [0.29, 0.717) is 50.4 Å². The second-order valence-electron chi connectivity index (χ2n) is 6.29. The summed E-state index contributed by atoms with van der Waals surface area (Å²) in [6.45, 7) is 0.630. The van der Waals surface area contributed by atoms with Crippen molar-refractivity contribution >= 4 is 31.0 Å². The zero-order valence-corrected chi connectivity index (χ0v) is 16.9. The molecule has 0 radical (unpaired) electrons. The van der Waals surface area contributed by atoms with Crippen LogP contribution in [-0.2, 0) is 20.2 Å². The molecule has 0 bridgehead atoms. The molecule has 2 aromatic carbocycles. The number of rotatable bonds is 12. The highest BCUT2D eigenvalue weighted by molar-refractivity contribution is 7.86. The Morgan fingerprint density at radius 2 is 1.04 bits per heavy atom. The van der Waals surface area contributed by atoms with Crippen molar-refractivity contribution in [3.05, 3.63) is 36.4 Å². The van der Waals surface area contributed by atoms with Gasteiger partial charge in [0, 0.05) is 10.8 Å². The van der Waals surface area contributed by atoms with Crippen LogP contribution >= 0.6 is 0 Å². The van der Waals surface area contributed by atoms with Gasteiger partial charge in [0.15, 0.2) is 0 Å². The minimum absolute atomic E-state index is 0.290. The third-order valence-corrected chi connectivity index (χ3v) is 5.56. The van der Waals surface area contributed by atoms with E-state index in [9.17, 15) is 16.8 Å².